The molecule has 0 N–H and O–H groups in total. The van der Waals surface area contributed by atoms with Crippen LogP contribution in [-0.4, -0.2) is 69.4 Å². The van der Waals surface area contributed by atoms with Crippen LogP contribution in [0.1, 0.15) is 38.2 Å². The summed E-state index contributed by atoms with van der Waals surface area (Å²) < 4.78 is 12.8. The molecule has 3 aliphatic heterocycles. The summed E-state index contributed by atoms with van der Waals surface area (Å²) >= 11 is 6.69. The molecule has 2 aromatic heterocycles. The summed E-state index contributed by atoms with van der Waals surface area (Å²) in [6, 6.07) is 5.38. The molecular formula is C25H28N4O5S2. The molecule has 11 heteroatoms. The summed E-state index contributed by atoms with van der Waals surface area (Å²) in [4.78, 5) is 47.8. The lowest BCUT2D eigenvalue weighted by Crippen LogP contribution is -2.39. The molecule has 0 saturated carbocycles. The minimum Gasteiger partial charge on any atom is -0.466 e. The Labute approximate surface area is 218 Å². The Kier molecular flexibility index (Phi) is 7.40. The van der Waals surface area contributed by atoms with Crippen LogP contribution in [0.25, 0.3) is 11.7 Å². The summed E-state index contributed by atoms with van der Waals surface area (Å²) in [7, 11) is 0. The number of nitrogens with zero attached hydrogens (tertiary/aromatic N) is 4. The van der Waals surface area contributed by atoms with Crippen molar-refractivity contribution in [1.29, 1.82) is 0 Å². The average Bonchev–Trinajstić information content (AvgIpc) is 3.50. The van der Waals surface area contributed by atoms with Crippen LogP contribution >= 0.6 is 24.0 Å². The molecule has 2 aromatic rings. The number of anilines is 1. The van der Waals surface area contributed by atoms with Crippen LogP contribution in [0.15, 0.2) is 34.1 Å². The smallest absolute Gasteiger partial charge is 0.309 e. The van der Waals surface area contributed by atoms with Crippen LogP contribution < -0.4 is 10.5 Å². The number of piperidine rings is 1. The van der Waals surface area contributed by atoms with Gasteiger partial charge in [0.2, 0.25) is 0 Å². The van der Waals surface area contributed by atoms with E-state index in [1.807, 2.05) is 11.0 Å². The molecule has 1 atom stereocenters. The van der Waals surface area contributed by atoms with E-state index in [1.165, 1.54) is 16.2 Å². The van der Waals surface area contributed by atoms with Crippen molar-refractivity contribution in [3.8, 4) is 0 Å². The standard InChI is InChI=1S/C25H28N4O5S2/c1-2-33-24(32)16-8-11-27(12-9-16)21-18(22(30)28-10-4-3-7-20(28)26-21)14-19-23(31)29(25(35)36-19)15-17-6-5-13-34-17/h3-4,7,10,14,16-17H,2,5-6,8-9,11-13,15H2,1H3/b19-14-/t17-/m1/s1. The van der Waals surface area contributed by atoms with E-state index in [-0.39, 0.29) is 29.5 Å². The highest BCUT2D eigenvalue weighted by atomic mass is 32.2. The number of amides is 1. The number of hydrogen-bond acceptors (Lipinski definition) is 9. The van der Waals surface area contributed by atoms with Crippen molar-refractivity contribution >= 4 is 57.7 Å². The molecule has 1 amide bonds. The third kappa shape index (κ3) is 4.91. The third-order valence-corrected chi connectivity index (χ3v) is 8.10. The minimum atomic E-state index is -0.257. The molecule has 5 rings (SSSR count). The SMILES string of the molecule is CCOC(=O)C1CCN(c2nc3ccccn3c(=O)c2/C=C2\SC(=S)N(C[C@H]3CCCO3)C2=O)CC1. The molecule has 0 unspecified atom stereocenters. The van der Waals surface area contributed by atoms with Gasteiger partial charge in [0.1, 0.15) is 15.8 Å². The molecule has 190 valence electrons. The quantitative estimate of drug-likeness (QED) is 0.319. The van der Waals surface area contributed by atoms with E-state index in [1.54, 1.807) is 36.2 Å². The number of fused-ring (bicyclic) bond motifs is 1. The topological polar surface area (TPSA) is 93.5 Å². The lowest BCUT2D eigenvalue weighted by atomic mass is 9.96. The van der Waals surface area contributed by atoms with Crippen molar-refractivity contribution in [2.45, 2.75) is 38.7 Å². The van der Waals surface area contributed by atoms with Gasteiger partial charge in [0.05, 0.1) is 35.6 Å². The number of hydrogen-bond donors (Lipinski definition) is 0. The van der Waals surface area contributed by atoms with Gasteiger partial charge >= 0.3 is 5.97 Å². The molecule has 0 aliphatic carbocycles. The number of rotatable bonds is 6. The van der Waals surface area contributed by atoms with Crippen molar-refractivity contribution in [2.75, 3.05) is 37.7 Å². The number of aromatic nitrogens is 2. The Morgan fingerprint density at radius 3 is 2.81 bits per heavy atom. The minimum absolute atomic E-state index is 0.0175. The second-order valence-corrected chi connectivity index (χ2v) is 10.7. The molecule has 0 spiro atoms. The van der Waals surface area contributed by atoms with Crippen molar-refractivity contribution in [2.24, 2.45) is 5.92 Å². The van der Waals surface area contributed by atoms with E-state index in [4.69, 9.17) is 26.7 Å². The maximum absolute atomic E-state index is 13.6. The second-order valence-electron chi connectivity index (χ2n) is 9.02. The van der Waals surface area contributed by atoms with Crippen LogP contribution in [0.4, 0.5) is 5.82 Å². The zero-order chi connectivity index (χ0) is 25.2. The monoisotopic (exact) mass is 528 g/mol. The fraction of sp³-hybridized carbons (Fsp3) is 0.480. The van der Waals surface area contributed by atoms with Gasteiger partial charge in [0, 0.05) is 25.9 Å². The Hall–Kier alpha value is -2.76. The van der Waals surface area contributed by atoms with E-state index < -0.39 is 0 Å². The lowest BCUT2D eigenvalue weighted by Gasteiger charge is -2.32. The number of pyridine rings is 1. The predicted octanol–water partition coefficient (Wildman–Crippen LogP) is 2.85. The summed E-state index contributed by atoms with van der Waals surface area (Å²) in [6.45, 7) is 4.39. The van der Waals surface area contributed by atoms with Gasteiger partial charge in [-0.25, -0.2) is 4.98 Å². The van der Waals surface area contributed by atoms with E-state index in [2.05, 4.69) is 0 Å². The van der Waals surface area contributed by atoms with E-state index in [0.717, 1.165) is 12.8 Å². The number of carbonyl (C=O) groups is 2. The van der Waals surface area contributed by atoms with Gasteiger partial charge in [0.15, 0.2) is 0 Å². The normalized spacial score (nSPS) is 22.2. The Morgan fingerprint density at radius 2 is 2.08 bits per heavy atom. The molecule has 3 saturated heterocycles. The molecular weight excluding hydrogens is 500 g/mol. The zero-order valence-corrected chi connectivity index (χ0v) is 21.7. The molecule has 9 nitrogen and oxygen atoms in total. The Morgan fingerprint density at radius 1 is 1.28 bits per heavy atom. The highest BCUT2D eigenvalue weighted by Crippen LogP contribution is 2.35. The maximum atomic E-state index is 13.6. The number of esters is 1. The van der Waals surface area contributed by atoms with Crippen molar-refractivity contribution in [3.05, 3.63) is 45.2 Å². The van der Waals surface area contributed by atoms with Crippen LogP contribution in [-0.2, 0) is 19.1 Å². The third-order valence-electron chi connectivity index (χ3n) is 6.72. The number of thioether (sulfide) groups is 1. The fourth-order valence-corrected chi connectivity index (χ4v) is 6.08. The molecule has 0 aromatic carbocycles. The van der Waals surface area contributed by atoms with Gasteiger partial charge in [-0.15, -0.1) is 0 Å². The van der Waals surface area contributed by atoms with Crippen LogP contribution in [0.3, 0.4) is 0 Å². The first-order valence-corrected chi connectivity index (χ1v) is 13.5. The molecule has 3 fully saturated rings. The van der Waals surface area contributed by atoms with Gasteiger partial charge < -0.3 is 14.4 Å². The largest absolute Gasteiger partial charge is 0.466 e. The zero-order valence-electron chi connectivity index (χ0n) is 20.1. The van der Waals surface area contributed by atoms with Crippen LogP contribution in [0.2, 0.25) is 0 Å². The number of carbonyl (C=O) groups excluding carboxylic acids is 2. The molecule has 0 radical (unpaired) electrons. The van der Waals surface area contributed by atoms with Crippen molar-refractivity contribution in [3.63, 3.8) is 0 Å². The highest BCUT2D eigenvalue weighted by Gasteiger charge is 2.36. The summed E-state index contributed by atoms with van der Waals surface area (Å²) in [5, 5.41) is 0. The molecule has 5 heterocycles. The van der Waals surface area contributed by atoms with Crippen molar-refractivity contribution in [1.82, 2.24) is 14.3 Å². The van der Waals surface area contributed by atoms with Gasteiger partial charge in [-0.1, -0.05) is 30.0 Å². The van der Waals surface area contributed by atoms with Gasteiger partial charge in [-0.2, -0.15) is 0 Å². The fourth-order valence-electron chi connectivity index (χ4n) is 4.83. The second kappa shape index (κ2) is 10.7. The summed E-state index contributed by atoms with van der Waals surface area (Å²) in [5.41, 5.74) is 0.603. The van der Waals surface area contributed by atoms with Gasteiger partial charge in [-0.05, 0) is 50.8 Å². The Bertz CT molecular complexity index is 1280. The van der Waals surface area contributed by atoms with E-state index in [9.17, 15) is 14.4 Å². The van der Waals surface area contributed by atoms with Crippen LogP contribution in [0, 0.1) is 5.92 Å². The van der Waals surface area contributed by atoms with E-state index >= 15 is 0 Å². The first-order chi connectivity index (χ1) is 17.5. The molecule has 0 bridgehead atoms. The van der Waals surface area contributed by atoms with E-state index in [0.29, 0.717) is 71.9 Å². The van der Waals surface area contributed by atoms with Gasteiger partial charge in [-0.3, -0.25) is 23.7 Å². The maximum Gasteiger partial charge on any atom is 0.309 e. The first kappa shape index (κ1) is 24.9. The highest BCUT2D eigenvalue weighted by molar-refractivity contribution is 8.26. The molecule has 3 aliphatic rings. The Balaban J connectivity index is 1.47. The summed E-state index contributed by atoms with van der Waals surface area (Å²) in [6.07, 6.45) is 6.37. The van der Waals surface area contributed by atoms with Crippen LogP contribution in [0.5, 0.6) is 0 Å². The predicted molar refractivity (Wildman–Crippen MR) is 142 cm³/mol. The first-order valence-electron chi connectivity index (χ1n) is 12.3. The average molecular weight is 529 g/mol. The van der Waals surface area contributed by atoms with Crippen molar-refractivity contribution < 1.29 is 19.1 Å². The summed E-state index contributed by atoms with van der Waals surface area (Å²) in [5.74, 6) is -0.0537. The number of thiocarbonyl (C=S) groups is 1. The lowest BCUT2D eigenvalue weighted by molar-refractivity contribution is -0.148. The van der Waals surface area contributed by atoms with Gasteiger partial charge in [0.25, 0.3) is 11.5 Å². The number of ether oxygens (including phenoxy) is 2. The molecule has 36 heavy (non-hydrogen) atoms.